The zero-order valence-corrected chi connectivity index (χ0v) is 20.8. The molecule has 4 N–H and O–H groups in total. The van der Waals surface area contributed by atoms with Gasteiger partial charge in [-0.2, -0.15) is 0 Å². The molecular formula is C29H39NO5. The summed E-state index contributed by atoms with van der Waals surface area (Å²) in [6.07, 6.45) is 12.1. The molecule has 2 aromatic carbocycles. The fraction of sp³-hybridized carbons (Fsp3) is 0.414. The number of benzene rings is 2. The van der Waals surface area contributed by atoms with E-state index in [0.29, 0.717) is 30.0 Å². The fourth-order valence-corrected chi connectivity index (χ4v) is 3.56. The van der Waals surface area contributed by atoms with Crippen LogP contribution in [0.5, 0.6) is 17.2 Å². The topological polar surface area (TPSA) is 102 Å². The Hall–Kier alpha value is -3.41. The van der Waals surface area contributed by atoms with Crippen LogP contribution in [-0.2, 0) is 9.53 Å². The number of nitrogens with two attached hydrogens (primary N) is 1. The molecule has 0 amide bonds. The molecule has 0 fully saturated rings. The zero-order chi connectivity index (χ0) is 25.5. The van der Waals surface area contributed by atoms with E-state index in [1.165, 1.54) is 44.2 Å². The maximum absolute atomic E-state index is 11.3. The van der Waals surface area contributed by atoms with Gasteiger partial charge in [0.15, 0.2) is 11.5 Å². The summed E-state index contributed by atoms with van der Waals surface area (Å²) in [4.78, 5) is 11.3. The molecule has 0 aliphatic rings. The molecule has 0 unspecified atom stereocenters. The number of hydrogen-bond acceptors (Lipinski definition) is 6. The molecule has 35 heavy (non-hydrogen) atoms. The summed E-state index contributed by atoms with van der Waals surface area (Å²) >= 11 is 0. The zero-order valence-electron chi connectivity index (χ0n) is 20.8. The van der Waals surface area contributed by atoms with Crippen molar-refractivity contribution >= 4 is 17.7 Å². The Balaban J connectivity index is 1.52. The van der Waals surface area contributed by atoms with Crippen LogP contribution in [0, 0.1) is 0 Å². The van der Waals surface area contributed by atoms with E-state index in [2.05, 4.69) is 6.58 Å². The molecule has 0 atom stereocenters. The predicted molar refractivity (Wildman–Crippen MR) is 141 cm³/mol. The van der Waals surface area contributed by atoms with Crippen LogP contribution in [0.25, 0.3) is 11.8 Å². The van der Waals surface area contributed by atoms with Crippen LogP contribution in [-0.4, -0.2) is 29.4 Å². The molecule has 0 radical (unpaired) electrons. The van der Waals surface area contributed by atoms with Gasteiger partial charge in [-0.1, -0.05) is 57.6 Å². The van der Waals surface area contributed by atoms with Crippen molar-refractivity contribution < 1.29 is 24.5 Å². The Bertz CT molecular complexity index is 966. The number of rotatable bonds is 16. The molecule has 0 aromatic heterocycles. The van der Waals surface area contributed by atoms with Gasteiger partial charge in [0.1, 0.15) is 5.75 Å². The number of phenolic OH excluding ortho intramolecular Hbond substituents is 2. The number of hydrogen-bond donors (Lipinski definition) is 3. The summed E-state index contributed by atoms with van der Waals surface area (Å²) in [5.74, 6) is 0.191. The third kappa shape index (κ3) is 11.0. The van der Waals surface area contributed by atoms with Crippen molar-refractivity contribution in [3.05, 3.63) is 65.7 Å². The van der Waals surface area contributed by atoms with E-state index in [1.807, 2.05) is 24.3 Å². The van der Waals surface area contributed by atoms with Crippen molar-refractivity contribution in [2.75, 3.05) is 13.2 Å². The van der Waals surface area contributed by atoms with Gasteiger partial charge >= 0.3 is 5.97 Å². The lowest BCUT2D eigenvalue weighted by molar-refractivity contribution is -0.139. The van der Waals surface area contributed by atoms with Gasteiger partial charge in [-0.15, -0.1) is 0 Å². The molecule has 2 aromatic rings. The second-order valence-electron chi connectivity index (χ2n) is 8.82. The van der Waals surface area contributed by atoms with Crippen molar-refractivity contribution in [2.24, 2.45) is 5.73 Å². The van der Waals surface area contributed by atoms with E-state index >= 15 is 0 Å². The summed E-state index contributed by atoms with van der Waals surface area (Å²) in [5.41, 5.74) is 8.75. The second-order valence-corrected chi connectivity index (χ2v) is 8.82. The smallest absolute Gasteiger partial charge is 0.333 e. The molecule has 0 heterocycles. The van der Waals surface area contributed by atoms with Gasteiger partial charge in [0, 0.05) is 11.3 Å². The van der Waals surface area contributed by atoms with E-state index in [1.54, 1.807) is 19.1 Å². The molecule has 0 saturated heterocycles. The maximum atomic E-state index is 11.3. The van der Waals surface area contributed by atoms with Crippen LogP contribution < -0.4 is 10.5 Å². The Morgan fingerprint density at radius 1 is 0.857 bits per heavy atom. The number of ether oxygens (including phenoxy) is 2. The van der Waals surface area contributed by atoms with Gasteiger partial charge < -0.3 is 25.4 Å². The molecular weight excluding hydrogens is 442 g/mol. The van der Waals surface area contributed by atoms with E-state index in [4.69, 9.17) is 15.2 Å². The largest absolute Gasteiger partial charge is 0.504 e. The van der Waals surface area contributed by atoms with Gasteiger partial charge in [-0.25, -0.2) is 4.79 Å². The molecule has 6 heteroatoms. The van der Waals surface area contributed by atoms with Crippen molar-refractivity contribution in [2.45, 2.75) is 64.7 Å². The highest BCUT2D eigenvalue weighted by Crippen LogP contribution is 2.26. The van der Waals surface area contributed by atoms with E-state index in [-0.39, 0.29) is 17.5 Å². The van der Waals surface area contributed by atoms with Crippen LogP contribution in [0.15, 0.2) is 54.6 Å². The van der Waals surface area contributed by atoms with Gasteiger partial charge in [-0.05, 0) is 73.4 Å². The Kier molecular flexibility index (Phi) is 12.3. The van der Waals surface area contributed by atoms with E-state index < -0.39 is 0 Å². The van der Waals surface area contributed by atoms with Crippen molar-refractivity contribution in [1.82, 2.24) is 0 Å². The molecule has 0 saturated carbocycles. The minimum absolute atomic E-state index is 0.158. The van der Waals surface area contributed by atoms with Crippen LogP contribution in [0.1, 0.15) is 75.8 Å². The minimum atomic E-state index is -0.294. The molecule has 2 rings (SSSR count). The van der Waals surface area contributed by atoms with Crippen molar-refractivity contribution in [3.63, 3.8) is 0 Å². The SMILES string of the molecule is C=C(C)C(=O)OCCCCCCCCCCCOc1ccc(/C(N)=C/c2ccc(O)c(O)c2)cc1. The molecule has 0 spiro atoms. The monoisotopic (exact) mass is 481 g/mol. The molecule has 6 nitrogen and oxygen atoms in total. The molecule has 0 aliphatic carbocycles. The summed E-state index contributed by atoms with van der Waals surface area (Å²) in [6.45, 7) is 6.42. The van der Waals surface area contributed by atoms with Gasteiger partial charge in [0.2, 0.25) is 0 Å². The molecule has 0 bridgehead atoms. The first-order valence-electron chi connectivity index (χ1n) is 12.4. The lowest BCUT2D eigenvalue weighted by atomic mass is 10.1. The average Bonchev–Trinajstić information content (AvgIpc) is 2.84. The maximum Gasteiger partial charge on any atom is 0.333 e. The number of unbranched alkanes of at least 4 members (excludes halogenated alkanes) is 8. The third-order valence-corrected chi connectivity index (χ3v) is 5.65. The average molecular weight is 482 g/mol. The summed E-state index contributed by atoms with van der Waals surface area (Å²) in [6, 6.07) is 12.2. The lowest BCUT2D eigenvalue weighted by Crippen LogP contribution is -2.05. The fourth-order valence-electron chi connectivity index (χ4n) is 3.56. The first kappa shape index (κ1) is 27.8. The highest BCUT2D eigenvalue weighted by molar-refractivity contribution is 5.86. The van der Waals surface area contributed by atoms with Crippen LogP contribution in [0.4, 0.5) is 0 Å². The summed E-state index contributed by atoms with van der Waals surface area (Å²) in [5, 5.41) is 19.0. The van der Waals surface area contributed by atoms with E-state index in [9.17, 15) is 15.0 Å². The normalized spacial score (nSPS) is 11.3. The van der Waals surface area contributed by atoms with Crippen molar-refractivity contribution in [1.29, 1.82) is 0 Å². The van der Waals surface area contributed by atoms with Gasteiger partial charge in [0.25, 0.3) is 0 Å². The minimum Gasteiger partial charge on any atom is -0.504 e. The van der Waals surface area contributed by atoms with Gasteiger partial charge in [-0.3, -0.25) is 0 Å². The summed E-state index contributed by atoms with van der Waals surface area (Å²) in [7, 11) is 0. The van der Waals surface area contributed by atoms with Crippen LogP contribution in [0.3, 0.4) is 0 Å². The first-order valence-corrected chi connectivity index (χ1v) is 12.4. The Morgan fingerprint density at radius 2 is 1.43 bits per heavy atom. The molecule has 0 aliphatic heterocycles. The highest BCUT2D eigenvalue weighted by atomic mass is 16.5. The van der Waals surface area contributed by atoms with Crippen LogP contribution in [0.2, 0.25) is 0 Å². The predicted octanol–water partition coefficient (Wildman–Crippen LogP) is 6.56. The Labute approximate surface area is 209 Å². The summed E-state index contributed by atoms with van der Waals surface area (Å²) < 4.78 is 10.9. The number of esters is 1. The Morgan fingerprint density at radius 3 is 2.00 bits per heavy atom. The number of carbonyl (C=O) groups is 1. The quantitative estimate of drug-likeness (QED) is 0.0824. The van der Waals surface area contributed by atoms with Crippen LogP contribution >= 0.6 is 0 Å². The van der Waals surface area contributed by atoms with E-state index in [0.717, 1.165) is 37.0 Å². The van der Waals surface area contributed by atoms with Crippen molar-refractivity contribution in [3.8, 4) is 17.2 Å². The standard InChI is InChI=1S/C29H39NO5/c1-22(2)29(33)35-19-11-9-7-5-3-4-6-8-10-18-34-25-15-13-24(14-16-25)26(30)20-23-12-17-27(31)28(32)21-23/h12-17,20-21,31-32H,1,3-11,18-19,30H2,2H3/b26-20-. The molecule has 190 valence electrons. The number of phenols is 2. The number of carbonyl (C=O) groups excluding carboxylic acids is 1. The lowest BCUT2D eigenvalue weighted by Gasteiger charge is -2.08. The first-order chi connectivity index (χ1) is 16.9. The second kappa shape index (κ2) is 15.5. The highest BCUT2D eigenvalue weighted by Gasteiger charge is 2.03. The number of aromatic hydroxyl groups is 2. The third-order valence-electron chi connectivity index (χ3n) is 5.65. The van der Waals surface area contributed by atoms with Gasteiger partial charge in [0.05, 0.1) is 13.2 Å².